The van der Waals surface area contributed by atoms with E-state index in [1.807, 2.05) is 30.6 Å². The van der Waals surface area contributed by atoms with E-state index in [9.17, 15) is 4.79 Å². The number of rotatable bonds is 6. The van der Waals surface area contributed by atoms with Crippen LogP contribution in [0.3, 0.4) is 0 Å². The van der Waals surface area contributed by atoms with Gasteiger partial charge in [0.25, 0.3) is 0 Å². The molecule has 26 heavy (non-hydrogen) atoms. The van der Waals surface area contributed by atoms with Crippen molar-refractivity contribution in [3.8, 4) is 0 Å². The second-order valence-electron chi connectivity index (χ2n) is 8.09. The molecule has 4 atom stereocenters. The van der Waals surface area contributed by atoms with Crippen molar-refractivity contribution in [3.63, 3.8) is 0 Å². The van der Waals surface area contributed by atoms with Crippen molar-refractivity contribution >= 4 is 5.91 Å². The van der Waals surface area contributed by atoms with Crippen molar-refractivity contribution in [2.45, 2.75) is 71.1 Å². The topological polar surface area (TPSA) is 59.4 Å². The molecule has 1 N–H and O–H groups in total. The van der Waals surface area contributed by atoms with Crippen LogP contribution in [-0.4, -0.2) is 52.9 Å². The van der Waals surface area contributed by atoms with Gasteiger partial charge in [0, 0.05) is 44.4 Å². The Balaban J connectivity index is 1.60. The Hall–Kier alpha value is -1.40. The molecule has 3 rings (SSSR count). The summed E-state index contributed by atoms with van der Waals surface area (Å²) in [4.78, 5) is 14.2. The number of hydrogen-bond donors (Lipinski definition) is 1. The number of aromatic nitrogens is 2. The van der Waals surface area contributed by atoms with E-state index in [2.05, 4.69) is 24.3 Å². The van der Waals surface area contributed by atoms with E-state index in [1.165, 1.54) is 31.2 Å². The van der Waals surface area contributed by atoms with Crippen molar-refractivity contribution < 1.29 is 9.53 Å². The zero-order valence-electron chi connectivity index (χ0n) is 16.9. The summed E-state index contributed by atoms with van der Waals surface area (Å²) in [5, 5.41) is 8.13. The highest BCUT2D eigenvalue weighted by Gasteiger charge is 2.40. The fraction of sp³-hybridized carbons (Fsp3) is 0.800. The van der Waals surface area contributed by atoms with Gasteiger partial charge in [0.1, 0.15) is 0 Å². The molecule has 1 aromatic heterocycles. The number of amides is 1. The summed E-state index contributed by atoms with van der Waals surface area (Å²) in [7, 11) is 3.87. The lowest BCUT2D eigenvalue weighted by Crippen LogP contribution is -2.38. The van der Waals surface area contributed by atoms with Gasteiger partial charge in [-0.3, -0.25) is 9.48 Å². The normalized spacial score (nSPS) is 29.6. The molecule has 2 fully saturated rings. The number of carbonyl (C=O) groups excluding carboxylic acids is 1. The van der Waals surface area contributed by atoms with Gasteiger partial charge in [-0.05, 0) is 32.6 Å². The summed E-state index contributed by atoms with van der Waals surface area (Å²) in [5.41, 5.74) is 3.32. The molecule has 1 saturated carbocycles. The summed E-state index contributed by atoms with van der Waals surface area (Å²) in [6.07, 6.45) is 6.02. The van der Waals surface area contributed by atoms with Crippen molar-refractivity contribution in [2.24, 2.45) is 13.0 Å². The molecule has 0 bridgehead atoms. The van der Waals surface area contributed by atoms with Crippen LogP contribution in [0, 0.1) is 19.8 Å². The van der Waals surface area contributed by atoms with Crippen LogP contribution in [-0.2, 0) is 16.6 Å². The number of likely N-dealkylation sites (tertiary alicyclic amines) is 1. The fourth-order valence-corrected chi connectivity index (χ4v) is 4.65. The van der Waals surface area contributed by atoms with Crippen LogP contribution in [0.1, 0.15) is 62.0 Å². The standard InChI is InChI=1S/C20H34N4O2/c1-13-8-6-7-9-17(13)26-11-10-21-16-12-18(25)23(4)20(16)19-14(2)22-24(5)15(19)3/h13,16-17,20-21H,6-12H2,1-5H3/t13-,16-,17-,20-/m1/s1. The number of carbonyl (C=O) groups is 1. The van der Waals surface area contributed by atoms with Crippen molar-refractivity contribution in [3.05, 3.63) is 17.0 Å². The first-order valence-electron chi connectivity index (χ1n) is 10.0. The minimum atomic E-state index is 0.0461. The van der Waals surface area contributed by atoms with Crippen LogP contribution in [0.4, 0.5) is 0 Å². The van der Waals surface area contributed by atoms with E-state index in [-0.39, 0.29) is 18.0 Å². The molecule has 1 aromatic rings. The number of ether oxygens (including phenoxy) is 1. The van der Waals surface area contributed by atoms with Gasteiger partial charge < -0.3 is 15.0 Å². The lowest BCUT2D eigenvalue weighted by Gasteiger charge is -2.29. The molecule has 146 valence electrons. The minimum absolute atomic E-state index is 0.0461. The average Bonchev–Trinajstić information content (AvgIpc) is 3.01. The average molecular weight is 363 g/mol. The van der Waals surface area contributed by atoms with E-state index < -0.39 is 0 Å². The molecular weight excluding hydrogens is 328 g/mol. The number of nitrogens with one attached hydrogen (secondary N) is 1. The summed E-state index contributed by atoms with van der Waals surface area (Å²) in [6.45, 7) is 7.90. The summed E-state index contributed by atoms with van der Waals surface area (Å²) in [5.74, 6) is 0.855. The molecule has 0 unspecified atom stereocenters. The number of likely N-dealkylation sites (N-methyl/N-ethyl adjacent to an activating group) is 1. The predicted molar refractivity (Wildman–Crippen MR) is 102 cm³/mol. The van der Waals surface area contributed by atoms with Gasteiger partial charge in [-0.15, -0.1) is 0 Å². The minimum Gasteiger partial charge on any atom is -0.377 e. The van der Waals surface area contributed by atoms with Crippen molar-refractivity contribution in [1.82, 2.24) is 20.0 Å². The highest BCUT2D eigenvalue weighted by molar-refractivity contribution is 5.80. The first kappa shape index (κ1) is 19.4. The van der Waals surface area contributed by atoms with Crippen molar-refractivity contribution in [2.75, 3.05) is 20.2 Å². The Kier molecular flexibility index (Phi) is 6.03. The first-order valence-corrected chi connectivity index (χ1v) is 10.0. The van der Waals surface area contributed by atoms with Crippen molar-refractivity contribution in [1.29, 1.82) is 0 Å². The molecule has 0 spiro atoms. The monoisotopic (exact) mass is 362 g/mol. The Bertz CT molecular complexity index is 642. The van der Waals surface area contributed by atoms with Gasteiger partial charge in [-0.1, -0.05) is 19.8 Å². The van der Waals surface area contributed by atoms with Gasteiger partial charge in [0.05, 0.1) is 24.4 Å². The molecule has 2 aliphatic rings. The second kappa shape index (κ2) is 8.09. The highest BCUT2D eigenvalue weighted by atomic mass is 16.5. The Morgan fingerprint density at radius 1 is 1.23 bits per heavy atom. The zero-order chi connectivity index (χ0) is 18.8. The molecule has 6 heteroatoms. The summed E-state index contributed by atoms with van der Waals surface area (Å²) in [6, 6.07) is 0.159. The molecule has 1 saturated heterocycles. The van der Waals surface area contributed by atoms with E-state index in [0.717, 1.165) is 17.9 Å². The smallest absolute Gasteiger partial charge is 0.224 e. The van der Waals surface area contributed by atoms with E-state index in [1.54, 1.807) is 0 Å². The first-order chi connectivity index (χ1) is 12.4. The van der Waals surface area contributed by atoms with E-state index >= 15 is 0 Å². The second-order valence-corrected chi connectivity index (χ2v) is 8.09. The fourth-order valence-electron chi connectivity index (χ4n) is 4.65. The summed E-state index contributed by atoms with van der Waals surface area (Å²) < 4.78 is 8.03. The van der Waals surface area contributed by atoms with Crippen LogP contribution in [0.15, 0.2) is 0 Å². The number of aryl methyl sites for hydroxylation is 2. The van der Waals surface area contributed by atoms with Gasteiger partial charge in [-0.2, -0.15) is 5.10 Å². The van der Waals surface area contributed by atoms with E-state index in [0.29, 0.717) is 25.0 Å². The van der Waals surface area contributed by atoms with Gasteiger partial charge in [-0.25, -0.2) is 0 Å². The van der Waals surface area contributed by atoms with E-state index in [4.69, 9.17) is 4.74 Å². The lowest BCUT2D eigenvalue weighted by atomic mass is 9.88. The summed E-state index contributed by atoms with van der Waals surface area (Å²) >= 11 is 0. The largest absolute Gasteiger partial charge is 0.377 e. The highest BCUT2D eigenvalue weighted by Crippen LogP contribution is 2.35. The molecule has 0 aromatic carbocycles. The Morgan fingerprint density at radius 3 is 2.62 bits per heavy atom. The maximum Gasteiger partial charge on any atom is 0.224 e. The molecule has 1 aliphatic heterocycles. The van der Waals surface area contributed by atoms with Gasteiger partial charge in [0.15, 0.2) is 0 Å². The quantitative estimate of drug-likeness (QED) is 0.790. The SMILES string of the molecule is Cc1nn(C)c(C)c1[C@H]1[C@H](NCCO[C@@H]2CCCC[C@H]2C)CC(=O)N1C. The molecule has 2 heterocycles. The maximum absolute atomic E-state index is 12.3. The van der Waals surface area contributed by atoms with Crippen LogP contribution in [0.2, 0.25) is 0 Å². The Labute approximate surface area is 157 Å². The molecule has 6 nitrogen and oxygen atoms in total. The molecular formula is C20H34N4O2. The zero-order valence-corrected chi connectivity index (χ0v) is 16.9. The maximum atomic E-state index is 12.3. The third kappa shape index (κ3) is 3.81. The molecule has 1 amide bonds. The van der Waals surface area contributed by atoms with Crippen LogP contribution < -0.4 is 5.32 Å². The van der Waals surface area contributed by atoms with Crippen LogP contribution in [0.5, 0.6) is 0 Å². The van der Waals surface area contributed by atoms with Crippen LogP contribution in [0.25, 0.3) is 0 Å². The third-order valence-electron chi connectivity index (χ3n) is 6.32. The number of nitrogens with zero attached hydrogens (tertiary/aromatic N) is 3. The van der Waals surface area contributed by atoms with Gasteiger partial charge >= 0.3 is 0 Å². The lowest BCUT2D eigenvalue weighted by molar-refractivity contribution is -0.127. The van der Waals surface area contributed by atoms with Crippen LogP contribution >= 0.6 is 0 Å². The number of hydrogen-bond acceptors (Lipinski definition) is 4. The molecule has 1 aliphatic carbocycles. The predicted octanol–water partition coefficient (Wildman–Crippen LogP) is 2.49. The molecule has 0 radical (unpaired) electrons. The van der Waals surface area contributed by atoms with Gasteiger partial charge in [0.2, 0.25) is 5.91 Å². The third-order valence-corrected chi connectivity index (χ3v) is 6.32. The Morgan fingerprint density at radius 2 is 1.96 bits per heavy atom.